The fourth-order valence-electron chi connectivity index (χ4n) is 1.73. The Hall–Kier alpha value is -2.04. The van der Waals surface area contributed by atoms with Crippen molar-refractivity contribution in [1.82, 2.24) is 9.97 Å². The highest BCUT2D eigenvalue weighted by Crippen LogP contribution is 2.31. The molecule has 1 heterocycles. The standard InChI is InChI=1S/C12H14N2O3/c1-4-17-11-6-9-8(5-10(11)16-3)7(2)13-12(15)14-9/h5-6H,4H2,1-3H3,(H,13,14,15). The third kappa shape index (κ3) is 2.08. The maximum Gasteiger partial charge on any atom is 0.345 e. The number of rotatable bonds is 3. The van der Waals surface area contributed by atoms with Gasteiger partial charge in [-0.15, -0.1) is 0 Å². The molecule has 90 valence electrons. The second kappa shape index (κ2) is 4.45. The van der Waals surface area contributed by atoms with Crippen molar-refractivity contribution in [3.63, 3.8) is 0 Å². The molecule has 1 aromatic heterocycles. The molecule has 0 radical (unpaired) electrons. The summed E-state index contributed by atoms with van der Waals surface area (Å²) in [6.07, 6.45) is 0. The number of aromatic nitrogens is 2. The van der Waals surface area contributed by atoms with Crippen LogP contribution < -0.4 is 15.2 Å². The van der Waals surface area contributed by atoms with Gasteiger partial charge in [-0.25, -0.2) is 4.79 Å². The number of ether oxygens (including phenoxy) is 2. The Morgan fingerprint density at radius 2 is 2.12 bits per heavy atom. The van der Waals surface area contributed by atoms with Crippen LogP contribution in [-0.2, 0) is 0 Å². The second-order valence-electron chi connectivity index (χ2n) is 3.62. The monoisotopic (exact) mass is 234 g/mol. The lowest BCUT2D eigenvalue weighted by Gasteiger charge is -2.10. The maximum absolute atomic E-state index is 11.3. The second-order valence-corrected chi connectivity index (χ2v) is 3.62. The Morgan fingerprint density at radius 1 is 1.35 bits per heavy atom. The van der Waals surface area contributed by atoms with Gasteiger partial charge in [0, 0.05) is 17.1 Å². The van der Waals surface area contributed by atoms with Crippen LogP contribution in [0.25, 0.3) is 10.9 Å². The van der Waals surface area contributed by atoms with Crippen molar-refractivity contribution in [2.45, 2.75) is 13.8 Å². The fourth-order valence-corrected chi connectivity index (χ4v) is 1.73. The number of aromatic amines is 1. The minimum Gasteiger partial charge on any atom is -0.493 e. The predicted octanol–water partition coefficient (Wildman–Crippen LogP) is 1.64. The number of H-pyrrole nitrogens is 1. The Bertz CT molecular complexity index is 604. The summed E-state index contributed by atoms with van der Waals surface area (Å²) >= 11 is 0. The third-order valence-electron chi connectivity index (χ3n) is 2.50. The van der Waals surface area contributed by atoms with Crippen LogP contribution in [0.1, 0.15) is 12.6 Å². The zero-order chi connectivity index (χ0) is 12.4. The van der Waals surface area contributed by atoms with Crippen molar-refractivity contribution in [3.8, 4) is 11.5 Å². The number of methoxy groups -OCH3 is 1. The molecule has 17 heavy (non-hydrogen) atoms. The quantitative estimate of drug-likeness (QED) is 0.876. The highest BCUT2D eigenvalue weighted by atomic mass is 16.5. The van der Waals surface area contributed by atoms with E-state index in [0.29, 0.717) is 23.6 Å². The molecule has 1 N–H and O–H groups in total. The molecule has 0 unspecified atom stereocenters. The van der Waals surface area contributed by atoms with Crippen molar-refractivity contribution >= 4 is 10.9 Å². The van der Waals surface area contributed by atoms with Gasteiger partial charge in [0.05, 0.1) is 19.2 Å². The largest absolute Gasteiger partial charge is 0.493 e. The number of hydrogen-bond acceptors (Lipinski definition) is 4. The molecular weight excluding hydrogens is 220 g/mol. The number of hydrogen-bond donors (Lipinski definition) is 1. The van der Waals surface area contributed by atoms with E-state index in [1.54, 1.807) is 13.2 Å². The molecule has 0 saturated carbocycles. The number of nitrogens with zero attached hydrogens (tertiary/aromatic N) is 1. The van der Waals surface area contributed by atoms with Gasteiger partial charge < -0.3 is 14.5 Å². The lowest BCUT2D eigenvalue weighted by Crippen LogP contribution is -2.11. The lowest BCUT2D eigenvalue weighted by atomic mass is 10.2. The number of fused-ring (bicyclic) bond motifs is 1. The van der Waals surface area contributed by atoms with E-state index in [1.165, 1.54) is 0 Å². The summed E-state index contributed by atoms with van der Waals surface area (Å²) in [4.78, 5) is 17.9. The SMILES string of the molecule is CCOc1cc2nc(=O)[nH]c(C)c2cc1OC. The van der Waals surface area contributed by atoms with E-state index in [9.17, 15) is 4.79 Å². The molecule has 0 fully saturated rings. The van der Waals surface area contributed by atoms with Crippen LogP contribution in [0.4, 0.5) is 0 Å². The van der Waals surface area contributed by atoms with Crippen LogP contribution in [0.15, 0.2) is 16.9 Å². The minimum absolute atomic E-state index is 0.359. The van der Waals surface area contributed by atoms with E-state index in [0.717, 1.165) is 11.1 Å². The summed E-state index contributed by atoms with van der Waals surface area (Å²) < 4.78 is 10.7. The van der Waals surface area contributed by atoms with E-state index in [-0.39, 0.29) is 5.69 Å². The summed E-state index contributed by atoms with van der Waals surface area (Å²) in [6.45, 7) is 4.25. The average Bonchev–Trinajstić information content (AvgIpc) is 2.28. The van der Waals surface area contributed by atoms with Gasteiger partial charge in [-0.1, -0.05) is 0 Å². The number of nitrogens with one attached hydrogen (secondary N) is 1. The Balaban J connectivity index is 2.73. The predicted molar refractivity (Wildman–Crippen MR) is 64.8 cm³/mol. The van der Waals surface area contributed by atoms with E-state index in [4.69, 9.17) is 9.47 Å². The van der Waals surface area contributed by atoms with Crippen molar-refractivity contribution < 1.29 is 9.47 Å². The molecule has 0 aliphatic carbocycles. The van der Waals surface area contributed by atoms with Crippen LogP contribution >= 0.6 is 0 Å². The molecule has 0 spiro atoms. The first-order chi connectivity index (χ1) is 8.15. The minimum atomic E-state index is -0.359. The van der Waals surface area contributed by atoms with Crippen molar-refractivity contribution in [2.75, 3.05) is 13.7 Å². The first-order valence-electron chi connectivity index (χ1n) is 5.37. The van der Waals surface area contributed by atoms with Crippen molar-refractivity contribution in [1.29, 1.82) is 0 Å². The van der Waals surface area contributed by atoms with Gasteiger partial charge in [-0.2, -0.15) is 4.98 Å². The first-order valence-corrected chi connectivity index (χ1v) is 5.37. The summed E-state index contributed by atoms with van der Waals surface area (Å²) in [7, 11) is 1.58. The van der Waals surface area contributed by atoms with Crippen LogP contribution in [-0.4, -0.2) is 23.7 Å². The van der Waals surface area contributed by atoms with Gasteiger partial charge >= 0.3 is 5.69 Å². The van der Waals surface area contributed by atoms with Crippen LogP contribution in [0.2, 0.25) is 0 Å². The topological polar surface area (TPSA) is 64.2 Å². The summed E-state index contributed by atoms with van der Waals surface area (Å²) in [5, 5.41) is 0.852. The van der Waals surface area contributed by atoms with E-state index in [2.05, 4.69) is 9.97 Å². The van der Waals surface area contributed by atoms with Gasteiger partial charge in [0.25, 0.3) is 0 Å². The summed E-state index contributed by atoms with van der Waals surface area (Å²) in [5.74, 6) is 1.23. The molecule has 0 aliphatic heterocycles. The fraction of sp³-hybridized carbons (Fsp3) is 0.333. The van der Waals surface area contributed by atoms with Crippen LogP contribution in [0, 0.1) is 6.92 Å². The Morgan fingerprint density at radius 3 is 2.76 bits per heavy atom. The van der Waals surface area contributed by atoms with Gasteiger partial charge in [-0.3, -0.25) is 0 Å². The molecule has 5 nitrogen and oxygen atoms in total. The smallest absolute Gasteiger partial charge is 0.345 e. The van der Waals surface area contributed by atoms with Crippen molar-refractivity contribution in [3.05, 3.63) is 28.3 Å². The molecule has 0 amide bonds. The van der Waals surface area contributed by atoms with E-state index < -0.39 is 0 Å². The maximum atomic E-state index is 11.3. The van der Waals surface area contributed by atoms with Gasteiger partial charge in [-0.05, 0) is 19.9 Å². The molecule has 0 atom stereocenters. The highest BCUT2D eigenvalue weighted by Gasteiger charge is 2.09. The first kappa shape index (κ1) is 11.4. The zero-order valence-electron chi connectivity index (χ0n) is 10.0. The van der Waals surface area contributed by atoms with Gasteiger partial charge in [0.1, 0.15) is 0 Å². The molecule has 0 aliphatic rings. The molecule has 0 bridgehead atoms. The van der Waals surface area contributed by atoms with Gasteiger partial charge in [0.15, 0.2) is 11.5 Å². The van der Waals surface area contributed by atoms with Crippen molar-refractivity contribution in [2.24, 2.45) is 0 Å². The molecule has 0 saturated heterocycles. The van der Waals surface area contributed by atoms with E-state index >= 15 is 0 Å². The normalized spacial score (nSPS) is 10.5. The Labute approximate surface area is 98.4 Å². The average molecular weight is 234 g/mol. The number of benzene rings is 1. The highest BCUT2D eigenvalue weighted by molar-refractivity contribution is 5.84. The van der Waals surface area contributed by atoms with E-state index in [1.807, 2.05) is 19.9 Å². The van der Waals surface area contributed by atoms with Gasteiger partial charge in [0.2, 0.25) is 0 Å². The molecule has 2 rings (SSSR count). The molecule has 2 aromatic rings. The lowest BCUT2D eigenvalue weighted by molar-refractivity contribution is 0.311. The third-order valence-corrected chi connectivity index (χ3v) is 2.50. The summed E-state index contributed by atoms with van der Waals surface area (Å²) in [6, 6.07) is 3.54. The van der Waals surface area contributed by atoms with Crippen LogP contribution in [0.3, 0.4) is 0 Å². The summed E-state index contributed by atoms with van der Waals surface area (Å²) in [5.41, 5.74) is 1.01. The Kier molecular flexibility index (Phi) is 2.99. The molecule has 1 aromatic carbocycles. The zero-order valence-corrected chi connectivity index (χ0v) is 10.0. The van der Waals surface area contributed by atoms with Crippen LogP contribution in [0.5, 0.6) is 11.5 Å². The molecular formula is C12H14N2O3. The molecule has 5 heteroatoms. The number of aryl methyl sites for hydroxylation is 1.